The lowest BCUT2D eigenvalue weighted by Crippen LogP contribution is -2.22. The second-order valence-electron chi connectivity index (χ2n) is 4.55. The maximum Gasteiger partial charge on any atom is 0.354 e. The molecule has 0 unspecified atom stereocenters. The number of rotatable bonds is 9. The average Bonchev–Trinajstić information content (AvgIpc) is 2.63. The van der Waals surface area contributed by atoms with Crippen LogP contribution in [-0.2, 0) is 19.1 Å². The zero-order chi connectivity index (χ0) is 18.2. The second kappa shape index (κ2) is 14.7. The monoisotopic (exact) mass is 401 g/mol. The summed E-state index contributed by atoms with van der Waals surface area (Å²) < 4.78 is 14.8. The van der Waals surface area contributed by atoms with Crippen LogP contribution >= 0.6 is 15.9 Å². The average molecular weight is 402 g/mol. The molecule has 0 radical (unpaired) electrons. The van der Waals surface area contributed by atoms with Gasteiger partial charge in [-0.3, -0.25) is 4.79 Å². The molecule has 6 nitrogen and oxygen atoms in total. The third kappa shape index (κ3) is 10.0. The van der Waals surface area contributed by atoms with Gasteiger partial charge in [0.05, 0.1) is 13.7 Å². The molecule has 0 bridgehead atoms. The summed E-state index contributed by atoms with van der Waals surface area (Å²) in [5.74, 6) is 0.382. The van der Waals surface area contributed by atoms with Gasteiger partial charge in [0, 0.05) is 25.5 Å². The van der Waals surface area contributed by atoms with Crippen molar-refractivity contribution in [3.63, 3.8) is 0 Å². The number of alkyl halides is 1. The Kier molecular flexibility index (Phi) is 13.6. The van der Waals surface area contributed by atoms with Crippen LogP contribution in [-0.4, -0.2) is 45.1 Å². The molecule has 0 aliphatic heterocycles. The van der Waals surface area contributed by atoms with Crippen LogP contribution in [0.15, 0.2) is 41.6 Å². The Morgan fingerprint density at radius 3 is 2.38 bits per heavy atom. The number of benzene rings is 1. The van der Waals surface area contributed by atoms with E-state index in [0.29, 0.717) is 17.3 Å². The highest BCUT2D eigenvalue weighted by molar-refractivity contribution is 9.09. The molecule has 1 rings (SSSR count). The fourth-order valence-electron chi connectivity index (χ4n) is 1.49. The fourth-order valence-corrected chi connectivity index (χ4v) is 1.77. The highest BCUT2D eigenvalue weighted by Gasteiger charge is 2.11. The molecule has 0 saturated heterocycles. The minimum Gasteiger partial charge on any atom is -0.494 e. The van der Waals surface area contributed by atoms with E-state index in [1.165, 1.54) is 7.11 Å². The highest BCUT2D eigenvalue weighted by Crippen LogP contribution is 2.08. The van der Waals surface area contributed by atoms with Crippen molar-refractivity contribution in [3.8, 4) is 5.75 Å². The van der Waals surface area contributed by atoms with Gasteiger partial charge in [0.1, 0.15) is 11.4 Å². The van der Waals surface area contributed by atoms with Crippen molar-refractivity contribution in [2.75, 3.05) is 32.8 Å². The van der Waals surface area contributed by atoms with Crippen molar-refractivity contribution in [2.45, 2.75) is 13.3 Å². The number of carbonyl (C=O) groups is 2. The number of halogens is 1. The molecule has 0 aliphatic carbocycles. The summed E-state index contributed by atoms with van der Waals surface area (Å²) in [7, 11) is 2.96. The van der Waals surface area contributed by atoms with Crippen LogP contribution < -0.4 is 10.1 Å². The quantitative estimate of drug-likeness (QED) is 0.226. The second-order valence-corrected chi connectivity index (χ2v) is 5.11. The Morgan fingerprint density at radius 1 is 1.21 bits per heavy atom. The summed E-state index contributed by atoms with van der Waals surface area (Å²) in [4.78, 5) is 21.1. The third-order valence-electron chi connectivity index (χ3n) is 2.72. The van der Waals surface area contributed by atoms with Crippen molar-refractivity contribution in [2.24, 2.45) is 0 Å². The van der Waals surface area contributed by atoms with Gasteiger partial charge < -0.3 is 19.5 Å². The maximum absolute atomic E-state index is 11.0. The normalized spacial score (nSPS) is 10.7. The SMILES string of the molecule is COC(=O)/C(NC=O)=C(\C)CBr.COCCCOc1ccccc1. The summed E-state index contributed by atoms with van der Waals surface area (Å²) in [6.07, 6.45) is 1.38. The minimum atomic E-state index is -0.543. The number of methoxy groups -OCH3 is 2. The van der Waals surface area contributed by atoms with Gasteiger partial charge in [-0.15, -0.1) is 0 Å². The number of hydrogen-bond donors (Lipinski definition) is 1. The van der Waals surface area contributed by atoms with Crippen LogP contribution in [0.2, 0.25) is 0 Å². The maximum atomic E-state index is 11.0. The van der Waals surface area contributed by atoms with Gasteiger partial charge in [-0.1, -0.05) is 34.1 Å². The van der Waals surface area contributed by atoms with Crippen LogP contribution in [0.25, 0.3) is 0 Å². The zero-order valence-corrected chi connectivity index (χ0v) is 15.8. The number of amides is 1. The Morgan fingerprint density at radius 2 is 1.88 bits per heavy atom. The van der Waals surface area contributed by atoms with E-state index < -0.39 is 5.97 Å². The number of para-hydroxylation sites is 1. The summed E-state index contributed by atoms with van der Waals surface area (Å²) in [5.41, 5.74) is 0.901. The lowest BCUT2D eigenvalue weighted by Gasteiger charge is -2.05. The molecular weight excluding hydrogens is 378 g/mol. The van der Waals surface area contributed by atoms with Gasteiger partial charge in [-0.25, -0.2) is 4.79 Å². The van der Waals surface area contributed by atoms with Crippen molar-refractivity contribution in [3.05, 3.63) is 41.6 Å². The molecule has 24 heavy (non-hydrogen) atoms. The Bertz CT molecular complexity index is 505. The van der Waals surface area contributed by atoms with Gasteiger partial charge in [-0.2, -0.15) is 0 Å². The molecule has 0 aliphatic rings. The minimum absolute atomic E-state index is 0.185. The van der Waals surface area contributed by atoms with Crippen LogP contribution in [0.1, 0.15) is 13.3 Å². The smallest absolute Gasteiger partial charge is 0.354 e. The molecular formula is C17H24BrNO5. The van der Waals surface area contributed by atoms with Gasteiger partial charge in [0.2, 0.25) is 6.41 Å². The molecule has 0 aromatic heterocycles. The summed E-state index contributed by atoms with van der Waals surface area (Å²) in [5, 5.41) is 2.79. The lowest BCUT2D eigenvalue weighted by molar-refractivity contribution is -0.137. The number of ether oxygens (including phenoxy) is 3. The Labute approximate surface area is 151 Å². The molecule has 0 heterocycles. The first kappa shape index (κ1) is 22.1. The largest absolute Gasteiger partial charge is 0.494 e. The Balaban J connectivity index is 0.000000441. The van der Waals surface area contributed by atoms with Crippen molar-refractivity contribution in [1.29, 1.82) is 0 Å². The zero-order valence-electron chi connectivity index (χ0n) is 14.2. The summed E-state index contributed by atoms with van der Waals surface area (Å²) in [6.45, 7) is 3.20. The van der Waals surface area contributed by atoms with Gasteiger partial charge in [-0.05, 0) is 24.6 Å². The van der Waals surface area contributed by atoms with E-state index >= 15 is 0 Å². The standard InChI is InChI=1S/C10H14O2.C7H10BrNO3/c1-11-8-5-9-12-10-6-3-2-4-7-10;1-5(3-8)6(9-4-10)7(11)12-2/h2-4,6-7H,5,8-9H2,1H3;4H,3H2,1-2H3,(H,9,10)/b;6-5-. The topological polar surface area (TPSA) is 73.9 Å². The predicted octanol–water partition coefficient (Wildman–Crippen LogP) is 2.68. The molecule has 1 amide bonds. The number of nitrogens with one attached hydrogen (secondary N) is 1. The molecule has 0 atom stereocenters. The van der Waals surface area contributed by atoms with Crippen molar-refractivity contribution < 1.29 is 23.8 Å². The Hall–Kier alpha value is -1.86. The molecule has 1 aromatic carbocycles. The van der Waals surface area contributed by atoms with Gasteiger partial charge >= 0.3 is 5.97 Å². The van der Waals surface area contributed by atoms with Crippen molar-refractivity contribution >= 4 is 28.3 Å². The van der Waals surface area contributed by atoms with Crippen LogP contribution in [0, 0.1) is 0 Å². The van der Waals surface area contributed by atoms with E-state index in [2.05, 4.69) is 26.0 Å². The molecule has 0 spiro atoms. The fraction of sp³-hybridized carbons (Fsp3) is 0.412. The van der Waals surface area contributed by atoms with Crippen LogP contribution in [0.3, 0.4) is 0 Å². The highest BCUT2D eigenvalue weighted by atomic mass is 79.9. The number of hydrogen-bond acceptors (Lipinski definition) is 5. The van der Waals surface area contributed by atoms with Crippen LogP contribution in [0.4, 0.5) is 0 Å². The van der Waals surface area contributed by atoms with Crippen LogP contribution in [0.5, 0.6) is 5.75 Å². The van der Waals surface area contributed by atoms with E-state index in [0.717, 1.165) is 25.4 Å². The van der Waals surface area contributed by atoms with E-state index in [9.17, 15) is 9.59 Å². The number of esters is 1. The lowest BCUT2D eigenvalue weighted by atomic mass is 10.2. The molecule has 1 aromatic rings. The molecule has 134 valence electrons. The first-order valence-electron chi connectivity index (χ1n) is 7.31. The van der Waals surface area contributed by atoms with Gasteiger partial charge in [0.15, 0.2) is 0 Å². The molecule has 1 N–H and O–H groups in total. The third-order valence-corrected chi connectivity index (χ3v) is 3.57. The summed E-state index contributed by atoms with van der Waals surface area (Å²) in [6, 6.07) is 9.80. The molecule has 0 fully saturated rings. The molecule has 7 heteroatoms. The van der Waals surface area contributed by atoms with E-state index in [1.807, 2.05) is 30.3 Å². The number of allylic oxidation sites excluding steroid dienone is 1. The van der Waals surface area contributed by atoms with E-state index in [1.54, 1.807) is 14.0 Å². The van der Waals surface area contributed by atoms with E-state index in [-0.39, 0.29) is 5.70 Å². The van der Waals surface area contributed by atoms with Crippen molar-refractivity contribution in [1.82, 2.24) is 5.32 Å². The first-order chi connectivity index (χ1) is 11.6. The summed E-state index contributed by atoms with van der Waals surface area (Å²) >= 11 is 3.16. The molecule has 0 saturated carbocycles. The predicted molar refractivity (Wildman–Crippen MR) is 96.1 cm³/mol. The van der Waals surface area contributed by atoms with Gasteiger partial charge in [0.25, 0.3) is 0 Å². The first-order valence-corrected chi connectivity index (χ1v) is 8.43. The number of carbonyl (C=O) groups excluding carboxylic acids is 2. The van der Waals surface area contributed by atoms with E-state index in [4.69, 9.17) is 9.47 Å².